The molecule has 0 bridgehead atoms. The number of anilines is 1. The van der Waals surface area contributed by atoms with E-state index in [1.165, 1.54) is 0 Å². The summed E-state index contributed by atoms with van der Waals surface area (Å²) in [4.78, 5) is 10.6. The van der Waals surface area contributed by atoms with Crippen molar-refractivity contribution in [3.05, 3.63) is 16.5 Å². The Balaban J connectivity index is 2.27. The van der Waals surface area contributed by atoms with Crippen molar-refractivity contribution in [2.45, 2.75) is 20.0 Å². The number of hydrogen-bond donors (Lipinski definition) is 1. The standard InChI is InChI=1S/C11H16ClN3O2/c1-7-10(12)13-8(2)14-11(7)15-3-4-17-9(5-15)6-16/h9,16H,3-6H2,1-2H3. The van der Waals surface area contributed by atoms with Crippen LogP contribution in [0.4, 0.5) is 5.82 Å². The van der Waals surface area contributed by atoms with E-state index in [1.807, 2.05) is 13.8 Å². The van der Waals surface area contributed by atoms with Gasteiger partial charge in [-0.05, 0) is 13.8 Å². The first kappa shape index (κ1) is 12.5. The summed E-state index contributed by atoms with van der Waals surface area (Å²) in [5.74, 6) is 1.49. The quantitative estimate of drug-likeness (QED) is 0.800. The van der Waals surface area contributed by atoms with Crippen LogP contribution < -0.4 is 4.90 Å². The van der Waals surface area contributed by atoms with Gasteiger partial charge in [-0.3, -0.25) is 0 Å². The molecule has 5 nitrogen and oxygen atoms in total. The predicted octanol–water partition coefficient (Wildman–Crippen LogP) is 0.944. The third kappa shape index (κ3) is 2.68. The number of nitrogens with zero attached hydrogens (tertiary/aromatic N) is 3. The zero-order chi connectivity index (χ0) is 12.4. The fourth-order valence-corrected chi connectivity index (χ4v) is 2.12. The van der Waals surface area contributed by atoms with Gasteiger partial charge in [0.25, 0.3) is 0 Å². The van der Waals surface area contributed by atoms with Gasteiger partial charge in [-0.25, -0.2) is 9.97 Å². The molecule has 1 aliphatic rings. The SMILES string of the molecule is Cc1nc(Cl)c(C)c(N2CCOC(CO)C2)n1. The maximum Gasteiger partial charge on any atom is 0.137 e. The van der Waals surface area contributed by atoms with E-state index in [1.54, 1.807) is 0 Å². The van der Waals surface area contributed by atoms with E-state index in [0.29, 0.717) is 24.1 Å². The molecule has 94 valence electrons. The minimum absolute atomic E-state index is 0.0212. The minimum atomic E-state index is -0.155. The molecule has 0 aliphatic carbocycles. The van der Waals surface area contributed by atoms with Crippen molar-refractivity contribution in [3.8, 4) is 0 Å². The van der Waals surface area contributed by atoms with E-state index in [4.69, 9.17) is 21.4 Å². The van der Waals surface area contributed by atoms with Crippen LogP contribution in [0, 0.1) is 13.8 Å². The lowest BCUT2D eigenvalue weighted by Gasteiger charge is -2.33. The Kier molecular flexibility index (Phi) is 3.81. The van der Waals surface area contributed by atoms with Crippen LogP contribution >= 0.6 is 11.6 Å². The van der Waals surface area contributed by atoms with Crippen LogP contribution in [0.25, 0.3) is 0 Å². The molecule has 1 fully saturated rings. The molecule has 0 spiro atoms. The molecule has 1 aromatic rings. The summed E-state index contributed by atoms with van der Waals surface area (Å²) < 4.78 is 5.41. The number of rotatable bonds is 2. The molecule has 1 N–H and O–H groups in total. The van der Waals surface area contributed by atoms with Crippen LogP contribution in [-0.2, 0) is 4.74 Å². The molecule has 1 aromatic heterocycles. The lowest BCUT2D eigenvalue weighted by Crippen LogP contribution is -2.44. The summed E-state index contributed by atoms with van der Waals surface area (Å²) in [5.41, 5.74) is 0.871. The van der Waals surface area contributed by atoms with Crippen molar-refractivity contribution >= 4 is 17.4 Å². The number of morpholine rings is 1. The number of aryl methyl sites for hydroxylation is 1. The number of aromatic nitrogens is 2. The van der Waals surface area contributed by atoms with Crippen molar-refractivity contribution in [1.29, 1.82) is 0 Å². The number of ether oxygens (including phenoxy) is 1. The van der Waals surface area contributed by atoms with Gasteiger partial charge in [0, 0.05) is 18.7 Å². The van der Waals surface area contributed by atoms with E-state index >= 15 is 0 Å². The monoisotopic (exact) mass is 257 g/mol. The topological polar surface area (TPSA) is 58.5 Å². The fraction of sp³-hybridized carbons (Fsp3) is 0.636. The Morgan fingerprint density at radius 1 is 1.47 bits per heavy atom. The van der Waals surface area contributed by atoms with E-state index in [2.05, 4.69) is 14.9 Å². The first-order valence-corrected chi connectivity index (χ1v) is 5.97. The summed E-state index contributed by atoms with van der Waals surface area (Å²) >= 11 is 6.05. The first-order valence-electron chi connectivity index (χ1n) is 5.60. The van der Waals surface area contributed by atoms with Gasteiger partial charge in [-0.1, -0.05) is 11.6 Å². The molecule has 17 heavy (non-hydrogen) atoms. The average molecular weight is 258 g/mol. The fourth-order valence-electron chi connectivity index (χ4n) is 1.91. The zero-order valence-electron chi connectivity index (χ0n) is 9.98. The van der Waals surface area contributed by atoms with Gasteiger partial charge < -0.3 is 14.7 Å². The highest BCUT2D eigenvalue weighted by atomic mass is 35.5. The molecule has 1 saturated heterocycles. The Hall–Kier alpha value is -0.910. The van der Waals surface area contributed by atoms with Crippen LogP contribution in [0.2, 0.25) is 5.15 Å². The first-order chi connectivity index (χ1) is 8.11. The second-order valence-electron chi connectivity index (χ2n) is 4.13. The normalized spacial score (nSPS) is 20.7. The number of aliphatic hydroxyl groups is 1. The summed E-state index contributed by atoms with van der Waals surface area (Å²) in [7, 11) is 0. The maximum atomic E-state index is 9.12. The molecule has 1 atom stereocenters. The third-order valence-corrected chi connectivity index (χ3v) is 3.18. The second kappa shape index (κ2) is 5.16. The van der Waals surface area contributed by atoms with Crippen molar-refractivity contribution in [1.82, 2.24) is 9.97 Å². The highest BCUT2D eigenvalue weighted by Crippen LogP contribution is 2.24. The lowest BCUT2D eigenvalue weighted by atomic mass is 10.2. The van der Waals surface area contributed by atoms with E-state index in [9.17, 15) is 0 Å². The van der Waals surface area contributed by atoms with E-state index in [0.717, 1.165) is 17.9 Å². The largest absolute Gasteiger partial charge is 0.394 e. The zero-order valence-corrected chi connectivity index (χ0v) is 10.7. The molecule has 6 heteroatoms. The summed E-state index contributed by atoms with van der Waals surface area (Å²) in [6, 6.07) is 0. The summed E-state index contributed by atoms with van der Waals surface area (Å²) in [6.07, 6.45) is -0.155. The number of halogens is 1. The van der Waals surface area contributed by atoms with Gasteiger partial charge >= 0.3 is 0 Å². The predicted molar refractivity (Wildman–Crippen MR) is 65.6 cm³/mol. The van der Waals surface area contributed by atoms with Crippen LogP contribution in [0.15, 0.2) is 0 Å². The molecular formula is C11H16ClN3O2. The molecule has 0 amide bonds. The molecule has 2 rings (SSSR count). The maximum absolute atomic E-state index is 9.12. The van der Waals surface area contributed by atoms with Crippen molar-refractivity contribution in [2.75, 3.05) is 31.2 Å². The molecule has 0 radical (unpaired) electrons. The van der Waals surface area contributed by atoms with Gasteiger partial charge in [0.1, 0.15) is 16.8 Å². The van der Waals surface area contributed by atoms with E-state index in [-0.39, 0.29) is 12.7 Å². The molecular weight excluding hydrogens is 242 g/mol. The van der Waals surface area contributed by atoms with Crippen LogP contribution in [-0.4, -0.2) is 47.5 Å². The molecule has 0 aromatic carbocycles. The highest BCUT2D eigenvalue weighted by Gasteiger charge is 2.23. The number of aliphatic hydroxyl groups excluding tert-OH is 1. The van der Waals surface area contributed by atoms with Gasteiger partial charge in [0.15, 0.2) is 0 Å². The Bertz CT molecular complexity index is 414. The average Bonchev–Trinajstić information content (AvgIpc) is 2.34. The number of hydrogen-bond acceptors (Lipinski definition) is 5. The van der Waals surface area contributed by atoms with Crippen LogP contribution in [0.1, 0.15) is 11.4 Å². The van der Waals surface area contributed by atoms with Gasteiger partial charge in [-0.2, -0.15) is 0 Å². The van der Waals surface area contributed by atoms with Crippen LogP contribution in [0.5, 0.6) is 0 Å². The summed E-state index contributed by atoms with van der Waals surface area (Å²) in [6.45, 7) is 5.71. The third-order valence-electron chi connectivity index (χ3n) is 2.81. The Labute approximate surface area is 105 Å². The lowest BCUT2D eigenvalue weighted by molar-refractivity contribution is 0.00332. The van der Waals surface area contributed by atoms with Gasteiger partial charge in [0.05, 0.1) is 19.3 Å². The van der Waals surface area contributed by atoms with Crippen LogP contribution in [0.3, 0.4) is 0 Å². The van der Waals surface area contributed by atoms with Gasteiger partial charge in [0.2, 0.25) is 0 Å². The van der Waals surface area contributed by atoms with Gasteiger partial charge in [-0.15, -0.1) is 0 Å². The Morgan fingerprint density at radius 2 is 2.24 bits per heavy atom. The van der Waals surface area contributed by atoms with Crippen molar-refractivity contribution < 1.29 is 9.84 Å². The molecule has 0 saturated carbocycles. The molecule has 1 unspecified atom stereocenters. The second-order valence-corrected chi connectivity index (χ2v) is 4.49. The smallest absolute Gasteiger partial charge is 0.137 e. The van der Waals surface area contributed by atoms with Crippen molar-refractivity contribution in [2.24, 2.45) is 0 Å². The highest BCUT2D eigenvalue weighted by molar-refractivity contribution is 6.30. The molecule has 2 heterocycles. The summed E-state index contributed by atoms with van der Waals surface area (Å²) in [5, 5.41) is 9.61. The Morgan fingerprint density at radius 3 is 2.94 bits per heavy atom. The van der Waals surface area contributed by atoms with E-state index < -0.39 is 0 Å². The minimum Gasteiger partial charge on any atom is -0.394 e. The van der Waals surface area contributed by atoms with Crippen molar-refractivity contribution in [3.63, 3.8) is 0 Å². The molecule has 1 aliphatic heterocycles.